The van der Waals surface area contributed by atoms with E-state index in [1.807, 2.05) is 0 Å². The zero-order valence-electron chi connectivity index (χ0n) is 11.7. The number of thiophene rings is 1. The van der Waals surface area contributed by atoms with Gasteiger partial charge in [0.2, 0.25) is 5.95 Å². The Morgan fingerprint density at radius 2 is 2.16 bits per heavy atom. The van der Waals surface area contributed by atoms with Gasteiger partial charge in [-0.3, -0.25) is 0 Å². The fourth-order valence-corrected chi connectivity index (χ4v) is 3.27. The molecule has 0 saturated heterocycles. The van der Waals surface area contributed by atoms with Gasteiger partial charge in [-0.1, -0.05) is 38.8 Å². The molecule has 0 aliphatic carbocycles. The van der Waals surface area contributed by atoms with Gasteiger partial charge in [0.15, 0.2) is 0 Å². The number of nitrogens with one attached hydrogen (secondary N) is 1. The molecule has 2 aromatic rings. The summed E-state index contributed by atoms with van der Waals surface area (Å²) in [4.78, 5) is 11.2. The molecule has 5 heteroatoms. The van der Waals surface area contributed by atoms with Crippen LogP contribution < -0.4 is 5.32 Å². The lowest BCUT2D eigenvalue weighted by Crippen LogP contribution is -2.07. The zero-order valence-corrected chi connectivity index (χ0v) is 13.2. The number of nitrogens with zero attached hydrogens (tertiary/aromatic N) is 2. The van der Waals surface area contributed by atoms with Gasteiger partial charge in [-0.15, -0.1) is 11.3 Å². The molecular weight excluding hydrogens is 278 g/mol. The highest BCUT2D eigenvalue weighted by Crippen LogP contribution is 2.30. The minimum Gasteiger partial charge on any atom is -0.354 e. The molecule has 0 fully saturated rings. The normalized spacial score (nSPS) is 11.4. The number of hydrogen-bond acceptors (Lipinski definition) is 4. The lowest BCUT2D eigenvalue weighted by molar-refractivity contribution is 0.606. The summed E-state index contributed by atoms with van der Waals surface area (Å²) in [6.45, 7) is 7.47. The third kappa shape index (κ3) is 3.80. The van der Waals surface area contributed by atoms with Crippen molar-refractivity contribution >= 4 is 39.1 Å². The molecule has 0 amide bonds. The van der Waals surface area contributed by atoms with Gasteiger partial charge < -0.3 is 5.32 Å². The third-order valence-electron chi connectivity index (χ3n) is 2.90. The molecule has 0 saturated carbocycles. The van der Waals surface area contributed by atoms with Gasteiger partial charge in [0.25, 0.3) is 0 Å². The molecule has 104 valence electrons. The molecule has 0 bridgehead atoms. The van der Waals surface area contributed by atoms with Gasteiger partial charge in [0.05, 0.1) is 0 Å². The molecule has 2 heterocycles. The monoisotopic (exact) mass is 297 g/mol. The van der Waals surface area contributed by atoms with Crippen molar-refractivity contribution in [1.82, 2.24) is 9.97 Å². The van der Waals surface area contributed by atoms with Crippen LogP contribution in [0.5, 0.6) is 0 Å². The molecule has 2 rings (SSSR count). The van der Waals surface area contributed by atoms with Crippen LogP contribution in [-0.2, 0) is 6.42 Å². The molecule has 3 nitrogen and oxygen atoms in total. The number of anilines is 1. The van der Waals surface area contributed by atoms with Crippen LogP contribution in [0.1, 0.15) is 38.5 Å². The molecule has 0 atom stereocenters. The second kappa shape index (κ2) is 6.53. The van der Waals surface area contributed by atoms with E-state index in [4.69, 9.17) is 11.6 Å². The first-order valence-corrected chi connectivity index (χ1v) is 7.99. The molecule has 1 N–H and O–H groups in total. The van der Waals surface area contributed by atoms with E-state index >= 15 is 0 Å². The fraction of sp³-hybridized carbons (Fsp3) is 0.571. The van der Waals surface area contributed by atoms with Crippen molar-refractivity contribution in [2.75, 3.05) is 11.9 Å². The number of rotatable bonds is 6. The fourth-order valence-electron chi connectivity index (χ4n) is 1.86. The summed E-state index contributed by atoms with van der Waals surface area (Å²) >= 11 is 7.95. The molecule has 2 aromatic heterocycles. The summed E-state index contributed by atoms with van der Waals surface area (Å²) in [5, 5.41) is 4.78. The van der Waals surface area contributed by atoms with E-state index < -0.39 is 0 Å². The lowest BCUT2D eigenvalue weighted by Gasteiger charge is -2.07. The Morgan fingerprint density at radius 3 is 2.84 bits per heavy atom. The molecule has 19 heavy (non-hydrogen) atoms. The average molecular weight is 298 g/mol. The van der Waals surface area contributed by atoms with Gasteiger partial charge in [-0.25, -0.2) is 9.97 Å². The topological polar surface area (TPSA) is 37.8 Å². The lowest BCUT2D eigenvalue weighted by atomic mass is 10.1. The van der Waals surface area contributed by atoms with E-state index in [0.717, 1.165) is 36.0 Å². The number of aromatic nitrogens is 2. The minimum absolute atomic E-state index is 0.552. The second-order valence-electron chi connectivity index (χ2n) is 5.13. The predicted octanol–water partition coefficient (Wildman–Crippen LogP) is 4.76. The predicted molar refractivity (Wildman–Crippen MR) is 84.4 cm³/mol. The van der Waals surface area contributed by atoms with Crippen molar-refractivity contribution in [1.29, 1.82) is 0 Å². The van der Waals surface area contributed by atoms with E-state index in [1.54, 1.807) is 11.3 Å². The van der Waals surface area contributed by atoms with E-state index in [-0.39, 0.29) is 0 Å². The summed E-state index contributed by atoms with van der Waals surface area (Å²) in [5.74, 6) is 1.31. The first-order valence-electron chi connectivity index (χ1n) is 6.80. The summed E-state index contributed by atoms with van der Waals surface area (Å²) in [7, 11) is 0. The SMILES string of the molecule is CCCc1cc2c(Cl)nc(NCCC(C)C)nc2s1. The maximum Gasteiger partial charge on any atom is 0.225 e. The second-order valence-corrected chi connectivity index (χ2v) is 6.60. The largest absolute Gasteiger partial charge is 0.354 e. The van der Waals surface area contributed by atoms with Crippen LogP contribution >= 0.6 is 22.9 Å². The Hall–Kier alpha value is -0.870. The zero-order chi connectivity index (χ0) is 13.8. The first-order chi connectivity index (χ1) is 9.10. The minimum atomic E-state index is 0.552. The number of hydrogen-bond donors (Lipinski definition) is 1. The quantitative estimate of drug-likeness (QED) is 0.782. The Bertz CT molecular complexity index is 551. The smallest absolute Gasteiger partial charge is 0.225 e. The number of halogens is 1. The van der Waals surface area contributed by atoms with Crippen LogP contribution in [0, 0.1) is 5.92 Å². The van der Waals surface area contributed by atoms with Gasteiger partial charge in [-0.2, -0.15) is 0 Å². The standard InChI is InChI=1S/C14H20ClN3S/c1-4-5-10-8-11-12(15)17-14(18-13(11)19-10)16-7-6-9(2)3/h8-9H,4-7H2,1-3H3,(H,16,17,18). The van der Waals surface area contributed by atoms with Gasteiger partial charge in [0.1, 0.15) is 9.98 Å². The summed E-state index contributed by atoms with van der Waals surface area (Å²) < 4.78 is 0. The molecule has 0 spiro atoms. The Balaban J connectivity index is 2.17. The van der Waals surface area contributed by atoms with Crippen molar-refractivity contribution < 1.29 is 0 Å². The van der Waals surface area contributed by atoms with E-state index in [9.17, 15) is 0 Å². The number of aryl methyl sites for hydroxylation is 1. The van der Waals surface area contributed by atoms with Crippen molar-refractivity contribution in [2.45, 2.75) is 40.0 Å². The van der Waals surface area contributed by atoms with E-state index in [2.05, 4.69) is 42.1 Å². The number of fused-ring (bicyclic) bond motifs is 1. The summed E-state index contributed by atoms with van der Waals surface area (Å²) in [5.41, 5.74) is 0. The van der Waals surface area contributed by atoms with E-state index in [0.29, 0.717) is 17.0 Å². The van der Waals surface area contributed by atoms with Crippen molar-refractivity contribution in [3.05, 3.63) is 16.1 Å². The highest BCUT2D eigenvalue weighted by Gasteiger charge is 2.10. The van der Waals surface area contributed by atoms with E-state index in [1.165, 1.54) is 4.88 Å². The third-order valence-corrected chi connectivity index (χ3v) is 4.28. The Labute approximate surface area is 123 Å². The van der Waals surface area contributed by atoms with Gasteiger partial charge in [0, 0.05) is 16.8 Å². The van der Waals surface area contributed by atoms with Crippen molar-refractivity contribution in [2.24, 2.45) is 5.92 Å². The Kier molecular flexibility index (Phi) is 4.99. The highest BCUT2D eigenvalue weighted by atomic mass is 35.5. The Morgan fingerprint density at radius 1 is 1.37 bits per heavy atom. The van der Waals surface area contributed by atoms with Crippen molar-refractivity contribution in [3.8, 4) is 0 Å². The molecule has 0 unspecified atom stereocenters. The summed E-state index contributed by atoms with van der Waals surface area (Å²) in [6.07, 6.45) is 3.31. The maximum absolute atomic E-state index is 6.23. The van der Waals surface area contributed by atoms with Gasteiger partial charge in [-0.05, 0) is 24.8 Å². The van der Waals surface area contributed by atoms with Crippen molar-refractivity contribution in [3.63, 3.8) is 0 Å². The highest BCUT2D eigenvalue weighted by molar-refractivity contribution is 7.18. The summed E-state index contributed by atoms with van der Waals surface area (Å²) in [6, 6.07) is 2.11. The van der Waals surface area contributed by atoms with Crippen LogP contribution in [-0.4, -0.2) is 16.5 Å². The molecular formula is C14H20ClN3S. The molecule has 0 aliphatic heterocycles. The average Bonchev–Trinajstić information content (AvgIpc) is 2.72. The van der Waals surface area contributed by atoms with Crippen LogP contribution in [0.3, 0.4) is 0 Å². The molecule has 0 aromatic carbocycles. The molecule has 0 aliphatic rings. The van der Waals surface area contributed by atoms with Crippen LogP contribution in [0.4, 0.5) is 5.95 Å². The molecule has 0 radical (unpaired) electrons. The van der Waals surface area contributed by atoms with Crippen LogP contribution in [0.2, 0.25) is 5.15 Å². The first kappa shape index (κ1) is 14.5. The van der Waals surface area contributed by atoms with Crippen LogP contribution in [0.15, 0.2) is 6.07 Å². The van der Waals surface area contributed by atoms with Gasteiger partial charge >= 0.3 is 0 Å². The van der Waals surface area contributed by atoms with Crippen LogP contribution in [0.25, 0.3) is 10.2 Å². The maximum atomic E-state index is 6.23.